The second-order valence-electron chi connectivity index (χ2n) is 2.85. The van der Waals surface area contributed by atoms with Crippen LogP contribution in [0.2, 0.25) is 0 Å². The third-order valence-electron chi connectivity index (χ3n) is 1.85. The summed E-state index contributed by atoms with van der Waals surface area (Å²) in [5, 5.41) is 4.17. The Morgan fingerprint density at radius 3 is 2.85 bits per heavy atom. The van der Waals surface area contributed by atoms with Crippen LogP contribution in [-0.2, 0) is 18.2 Å². The first kappa shape index (κ1) is 9.92. The van der Waals surface area contributed by atoms with Crippen molar-refractivity contribution in [3.63, 3.8) is 0 Å². The van der Waals surface area contributed by atoms with E-state index < -0.39 is 0 Å². The first-order valence-electron chi connectivity index (χ1n) is 4.24. The van der Waals surface area contributed by atoms with Crippen molar-refractivity contribution in [2.75, 3.05) is 13.7 Å². The second-order valence-corrected chi connectivity index (χ2v) is 2.85. The van der Waals surface area contributed by atoms with E-state index in [1.165, 1.54) is 7.11 Å². The van der Waals surface area contributed by atoms with E-state index in [0.717, 1.165) is 12.1 Å². The summed E-state index contributed by atoms with van der Waals surface area (Å²) in [4.78, 5) is 11.4. The van der Waals surface area contributed by atoms with E-state index >= 15 is 0 Å². The molecule has 1 rings (SSSR count). The predicted molar refractivity (Wildman–Crippen MR) is 48.8 cm³/mol. The first-order chi connectivity index (χ1) is 6.19. The molecule has 0 bridgehead atoms. The highest BCUT2D eigenvalue weighted by Gasteiger charge is 2.11. The number of aryl methyl sites for hydroxylation is 2. The Labute approximate surface area is 77.5 Å². The molecule has 0 unspecified atom stereocenters. The van der Waals surface area contributed by atoms with Gasteiger partial charge in [-0.3, -0.25) is 9.48 Å². The van der Waals surface area contributed by atoms with Gasteiger partial charge in [-0.2, -0.15) is 5.10 Å². The molecule has 0 spiro atoms. The molecule has 0 aliphatic rings. The minimum absolute atomic E-state index is 0.0304. The predicted octanol–water partition coefficient (Wildman–Crippen LogP) is 0.812. The smallest absolute Gasteiger partial charge is 0.206 e. The molecule has 0 N–H and O–H groups in total. The van der Waals surface area contributed by atoms with Crippen LogP contribution in [0.5, 0.6) is 0 Å². The minimum Gasteiger partial charge on any atom is -0.376 e. The Morgan fingerprint density at radius 1 is 1.69 bits per heavy atom. The van der Waals surface area contributed by atoms with Crippen molar-refractivity contribution in [1.29, 1.82) is 0 Å². The van der Waals surface area contributed by atoms with Crippen LogP contribution in [0, 0.1) is 0 Å². The van der Waals surface area contributed by atoms with Gasteiger partial charge in [-0.1, -0.05) is 6.92 Å². The molecule has 1 aromatic rings. The monoisotopic (exact) mass is 182 g/mol. The highest BCUT2D eigenvalue weighted by Crippen LogP contribution is 2.04. The van der Waals surface area contributed by atoms with Crippen LogP contribution in [0.15, 0.2) is 6.07 Å². The fourth-order valence-electron chi connectivity index (χ4n) is 1.17. The second kappa shape index (κ2) is 4.18. The summed E-state index contributed by atoms with van der Waals surface area (Å²) in [6.45, 7) is 2.12. The van der Waals surface area contributed by atoms with Gasteiger partial charge in [0.1, 0.15) is 12.3 Å². The molecule has 1 heterocycles. The number of aromatic nitrogens is 2. The summed E-state index contributed by atoms with van der Waals surface area (Å²) >= 11 is 0. The van der Waals surface area contributed by atoms with Crippen molar-refractivity contribution in [2.45, 2.75) is 13.3 Å². The van der Waals surface area contributed by atoms with Crippen molar-refractivity contribution < 1.29 is 9.53 Å². The van der Waals surface area contributed by atoms with E-state index in [0.29, 0.717) is 5.69 Å². The lowest BCUT2D eigenvalue weighted by molar-refractivity contribution is 0.0838. The third-order valence-corrected chi connectivity index (χ3v) is 1.85. The van der Waals surface area contributed by atoms with Gasteiger partial charge in [0.15, 0.2) is 0 Å². The Hall–Kier alpha value is -1.16. The molecule has 4 nitrogen and oxygen atoms in total. The molecule has 72 valence electrons. The van der Waals surface area contributed by atoms with Crippen LogP contribution in [0.4, 0.5) is 0 Å². The maximum Gasteiger partial charge on any atom is 0.206 e. The van der Waals surface area contributed by atoms with Gasteiger partial charge < -0.3 is 4.74 Å². The van der Waals surface area contributed by atoms with Gasteiger partial charge in [-0.15, -0.1) is 0 Å². The Balaban J connectivity index is 2.87. The average Bonchev–Trinajstić information content (AvgIpc) is 2.47. The number of ketones is 1. The van der Waals surface area contributed by atoms with E-state index in [2.05, 4.69) is 5.10 Å². The lowest BCUT2D eigenvalue weighted by atomic mass is 10.2. The number of nitrogens with zero attached hydrogens (tertiary/aromatic N) is 2. The standard InChI is InChI=1S/C9H14N2O2/c1-4-7-5-8(11(2)10-7)9(12)6-13-3/h5H,4,6H2,1-3H3. The van der Waals surface area contributed by atoms with E-state index in [1.54, 1.807) is 17.8 Å². The van der Waals surface area contributed by atoms with Gasteiger partial charge in [0.05, 0.1) is 5.69 Å². The maximum absolute atomic E-state index is 11.4. The van der Waals surface area contributed by atoms with Crippen LogP contribution in [0.3, 0.4) is 0 Å². The fraction of sp³-hybridized carbons (Fsp3) is 0.556. The van der Waals surface area contributed by atoms with Crippen LogP contribution in [0.25, 0.3) is 0 Å². The normalized spacial score (nSPS) is 10.4. The molecule has 0 aliphatic heterocycles. The van der Waals surface area contributed by atoms with Crippen LogP contribution in [-0.4, -0.2) is 29.3 Å². The van der Waals surface area contributed by atoms with Gasteiger partial charge in [-0.05, 0) is 12.5 Å². The Kier molecular flexibility index (Phi) is 3.19. The van der Waals surface area contributed by atoms with E-state index in [1.807, 2.05) is 6.92 Å². The Morgan fingerprint density at radius 2 is 2.38 bits per heavy atom. The lowest BCUT2D eigenvalue weighted by Crippen LogP contribution is -2.11. The largest absolute Gasteiger partial charge is 0.376 e. The molecule has 13 heavy (non-hydrogen) atoms. The number of rotatable bonds is 4. The number of carbonyl (C=O) groups excluding carboxylic acids is 1. The molecule has 0 saturated carbocycles. The molecular weight excluding hydrogens is 168 g/mol. The van der Waals surface area contributed by atoms with Gasteiger partial charge in [0.25, 0.3) is 0 Å². The van der Waals surface area contributed by atoms with Gasteiger partial charge >= 0.3 is 0 Å². The summed E-state index contributed by atoms with van der Waals surface area (Å²) in [6.07, 6.45) is 0.841. The molecule has 0 saturated heterocycles. The zero-order chi connectivity index (χ0) is 9.84. The maximum atomic E-state index is 11.4. The summed E-state index contributed by atoms with van der Waals surface area (Å²) in [7, 11) is 3.27. The van der Waals surface area contributed by atoms with Crippen molar-refractivity contribution >= 4 is 5.78 Å². The van der Waals surface area contributed by atoms with Crippen molar-refractivity contribution in [2.24, 2.45) is 7.05 Å². The van der Waals surface area contributed by atoms with Crippen LogP contribution >= 0.6 is 0 Å². The fourth-order valence-corrected chi connectivity index (χ4v) is 1.17. The molecule has 0 atom stereocenters. The number of Topliss-reactive ketones (excluding diaryl/α,β-unsaturated/α-hetero) is 1. The highest BCUT2D eigenvalue weighted by atomic mass is 16.5. The molecule has 0 fully saturated rings. The first-order valence-corrected chi connectivity index (χ1v) is 4.24. The number of methoxy groups -OCH3 is 1. The number of carbonyl (C=O) groups is 1. The average molecular weight is 182 g/mol. The van der Waals surface area contributed by atoms with Crippen LogP contribution in [0.1, 0.15) is 23.1 Å². The number of ether oxygens (including phenoxy) is 1. The SMILES string of the molecule is CCc1cc(C(=O)COC)n(C)n1. The summed E-state index contributed by atoms with van der Waals surface area (Å²) in [5.41, 5.74) is 1.54. The minimum atomic E-state index is -0.0304. The zero-order valence-electron chi connectivity index (χ0n) is 8.20. The van der Waals surface area contributed by atoms with Crippen molar-refractivity contribution in [1.82, 2.24) is 9.78 Å². The zero-order valence-corrected chi connectivity index (χ0v) is 8.20. The highest BCUT2D eigenvalue weighted by molar-refractivity contribution is 5.95. The molecule has 1 aromatic heterocycles. The summed E-state index contributed by atoms with van der Waals surface area (Å²) in [5.74, 6) is -0.0304. The third kappa shape index (κ3) is 2.15. The lowest BCUT2D eigenvalue weighted by Gasteiger charge is -1.98. The topological polar surface area (TPSA) is 44.1 Å². The van der Waals surface area contributed by atoms with Crippen LogP contribution < -0.4 is 0 Å². The molecule has 0 aromatic carbocycles. The quantitative estimate of drug-likeness (QED) is 0.647. The molecule has 0 aliphatic carbocycles. The van der Waals surface area contributed by atoms with E-state index in [4.69, 9.17) is 4.74 Å². The number of hydrogen-bond acceptors (Lipinski definition) is 3. The van der Waals surface area contributed by atoms with Gasteiger partial charge in [0, 0.05) is 14.2 Å². The number of hydrogen-bond donors (Lipinski definition) is 0. The van der Waals surface area contributed by atoms with Gasteiger partial charge in [0.2, 0.25) is 5.78 Å². The van der Waals surface area contributed by atoms with Crippen molar-refractivity contribution in [3.05, 3.63) is 17.5 Å². The van der Waals surface area contributed by atoms with Crippen molar-refractivity contribution in [3.8, 4) is 0 Å². The summed E-state index contributed by atoms with van der Waals surface area (Å²) < 4.78 is 6.36. The molecule has 0 amide bonds. The molecule has 4 heteroatoms. The van der Waals surface area contributed by atoms with E-state index in [9.17, 15) is 4.79 Å². The molecule has 0 radical (unpaired) electrons. The Bertz CT molecular complexity index is 305. The van der Waals surface area contributed by atoms with E-state index in [-0.39, 0.29) is 12.4 Å². The molecular formula is C9H14N2O2. The van der Waals surface area contributed by atoms with Gasteiger partial charge in [-0.25, -0.2) is 0 Å². The summed E-state index contributed by atoms with van der Waals surface area (Å²) in [6, 6.07) is 1.81.